The smallest absolute Gasteiger partial charge is 0.0553 e. The van der Waals surface area contributed by atoms with Crippen LogP contribution in [0.5, 0.6) is 0 Å². The van der Waals surface area contributed by atoms with Crippen LogP contribution >= 0.6 is 0 Å². The predicted molar refractivity (Wildman–Crippen MR) is 54.9 cm³/mol. The maximum absolute atomic E-state index is 4.42. The van der Waals surface area contributed by atoms with Crippen LogP contribution in [0.3, 0.4) is 0 Å². The second-order valence-corrected chi connectivity index (χ2v) is 4.53. The molecule has 3 nitrogen and oxygen atoms in total. The van der Waals surface area contributed by atoms with Gasteiger partial charge in [-0.05, 0) is 44.2 Å². The van der Waals surface area contributed by atoms with Crippen LogP contribution in [-0.2, 0) is 6.54 Å². The minimum absolute atomic E-state index is 0.566. The quantitative estimate of drug-likeness (QED) is 0.788. The van der Waals surface area contributed by atoms with Crippen molar-refractivity contribution in [2.75, 3.05) is 6.54 Å². The Morgan fingerprint density at radius 2 is 2.36 bits per heavy atom. The molecule has 2 aliphatic rings. The van der Waals surface area contributed by atoms with Crippen LogP contribution in [0.2, 0.25) is 0 Å². The molecule has 2 fully saturated rings. The summed E-state index contributed by atoms with van der Waals surface area (Å²) in [5.74, 6) is 0.912. The van der Waals surface area contributed by atoms with Gasteiger partial charge in [0.1, 0.15) is 0 Å². The highest BCUT2D eigenvalue weighted by Crippen LogP contribution is 2.32. The Hall–Kier alpha value is -0.830. The zero-order valence-corrected chi connectivity index (χ0v) is 8.45. The third kappa shape index (κ3) is 1.57. The van der Waals surface area contributed by atoms with Gasteiger partial charge in [0.25, 0.3) is 0 Å². The molecule has 0 amide bonds. The topological polar surface area (TPSA) is 29.9 Å². The highest BCUT2D eigenvalue weighted by molar-refractivity contribution is 5.09. The van der Waals surface area contributed by atoms with Crippen molar-refractivity contribution in [3.63, 3.8) is 0 Å². The standard InChI is InChI=1S/C11H17N3/c1-2-10(12-6-1)11-5-7-13-14(11)8-9-3-4-9/h5,7,9-10,12H,1-4,6,8H2. The number of nitrogens with one attached hydrogen (secondary N) is 1. The molecule has 76 valence electrons. The van der Waals surface area contributed by atoms with Crippen LogP contribution in [0, 0.1) is 5.92 Å². The van der Waals surface area contributed by atoms with Gasteiger partial charge < -0.3 is 5.32 Å². The molecule has 0 spiro atoms. The second kappa shape index (κ2) is 3.39. The first-order valence-corrected chi connectivity index (χ1v) is 5.68. The van der Waals surface area contributed by atoms with Crippen LogP contribution in [-0.4, -0.2) is 16.3 Å². The first-order chi connectivity index (χ1) is 6.93. The molecule has 0 bridgehead atoms. The molecule has 1 saturated carbocycles. The lowest BCUT2D eigenvalue weighted by molar-refractivity contribution is 0.496. The molecule has 1 unspecified atom stereocenters. The van der Waals surface area contributed by atoms with Crippen molar-refractivity contribution in [2.24, 2.45) is 5.92 Å². The fourth-order valence-corrected chi connectivity index (χ4v) is 2.27. The van der Waals surface area contributed by atoms with E-state index in [-0.39, 0.29) is 0 Å². The SMILES string of the molecule is c1cc(C2CCCN2)n(CC2CC2)n1. The normalized spacial score (nSPS) is 27.0. The van der Waals surface area contributed by atoms with Crippen molar-refractivity contribution in [1.82, 2.24) is 15.1 Å². The summed E-state index contributed by atoms with van der Waals surface area (Å²) in [6.07, 6.45) is 7.32. The van der Waals surface area contributed by atoms with E-state index in [9.17, 15) is 0 Å². The maximum atomic E-state index is 4.42. The van der Waals surface area contributed by atoms with Gasteiger partial charge in [-0.1, -0.05) is 0 Å². The van der Waals surface area contributed by atoms with Crippen LogP contribution in [0.15, 0.2) is 12.3 Å². The molecule has 1 aliphatic heterocycles. The first-order valence-electron chi connectivity index (χ1n) is 5.68. The predicted octanol–water partition coefficient (Wildman–Crippen LogP) is 1.72. The lowest BCUT2D eigenvalue weighted by Gasteiger charge is -2.12. The van der Waals surface area contributed by atoms with Gasteiger partial charge in [-0.15, -0.1) is 0 Å². The Morgan fingerprint density at radius 3 is 3.07 bits per heavy atom. The minimum atomic E-state index is 0.566. The molecule has 1 aliphatic carbocycles. The average molecular weight is 191 g/mol. The monoisotopic (exact) mass is 191 g/mol. The molecular formula is C11H17N3. The summed E-state index contributed by atoms with van der Waals surface area (Å²) in [6, 6.07) is 2.74. The molecule has 0 radical (unpaired) electrons. The Labute approximate surface area is 84.5 Å². The minimum Gasteiger partial charge on any atom is -0.309 e. The van der Waals surface area contributed by atoms with Gasteiger partial charge in [-0.2, -0.15) is 5.10 Å². The largest absolute Gasteiger partial charge is 0.309 e. The zero-order chi connectivity index (χ0) is 9.38. The van der Waals surface area contributed by atoms with E-state index < -0.39 is 0 Å². The van der Waals surface area contributed by atoms with Crippen molar-refractivity contribution in [2.45, 2.75) is 38.3 Å². The van der Waals surface area contributed by atoms with Gasteiger partial charge in [0.15, 0.2) is 0 Å². The fraction of sp³-hybridized carbons (Fsp3) is 0.727. The summed E-state index contributed by atoms with van der Waals surface area (Å²) in [5.41, 5.74) is 1.40. The number of rotatable bonds is 3. The van der Waals surface area contributed by atoms with E-state index in [1.165, 1.54) is 37.9 Å². The second-order valence-electron chi connectivity index (χ2n) is 4.53. The average Bonchev–Trinajstić information content (AvgIpc) is 2.68. The number of nitrogens with zero attached hydrogens (tertiary/aromatic N) is 2. The molecule has 14 heavy (non-hydrogen) atoms. The first kappa shape index (κ1) is 8.48. The van der Waals surface area contributed by atoms with E-state index in [0.29, 0.717) is 6.04 Å². The maximum Gasteiger partial charge on any atom is 0.0553 e. The highest BCUT2D eigenvalue weighted by Gasteiger charge is 2.25. The third-order valence-corrected chi connectivity index (χ3v) is 3.29. The molecular weight excluding hydrogens is 174 g/mol. The van der Waals surface area contributed by atoms with E-state index in [1.54, 1.807) is 0 Å². The number of aromatic nitrogens is 2. The molecule has 1 saturated heterocycles. The van der Waals surface area contributed by atoms with E-state index in [2.05, 4.69) is 21.2 Å². The van der Waals surface area contributed by atoms with Gasteiger partial charge in [-0.3, -0.25) is 4.68 Å². The highest BCUT2D eigenvalue weighted by atomic mass is 15.3. The summed E-state index contributed by atoms with van der Waals surface area (Å²) >= 11 is 0. The van der Waals surface area contributed by atoms with E-state index >= 15 is 0 Å². The molecule has 3 rings (SSSR count). The molecule has 2 heterocycles. The van der Waals surface area contributed by atoms with Gasteiger partial charge in [0.05, 0.1) is 5.69 Å². The molecule has 1 aromatic rings. The van der Waals surface area contributed by atoms with Gasteiger partial charge in [0.2, 0.25) is 0 Å². The lowest BCUT2D eigenvalue weighted by Crippen LogP contribution is -2.18. The lowest BCUT2D eigenvalue weighted by atomic mass is 10.1. The van der Waals surface area contributed by atoms with Crippen molar-refractivity contribution in [1.29, 1.82) is 0 Å². The summed E-state index contributed by atoms with van der Waals surface area (Å²) in [6.45, 7) is 2.31. The van der Waals surface area contributed by atoms with Crippen molar-refractivity contribution in [3.05, 3.63) is 18.0 Å². The Balaban J connectivity index is 1.77. The van der Waals surface area contributed by atoms with E-state index in [0.717, 1.165) is 12.5 Å². The van der Waals surface area contributed by atoms with Crippen molar-refractivity contribution < 1.29 is 0 Å². The van der Waals surface area contributed by atoms with E-state index in [4.69, 9.17) is 0 Å². The van der Waals surface area contributed by atoms with Crippen LogP contribution in [0.25, 0.3) is 0 Å². The van der Waals surface area contributed by atoms with Crippen LogP contribution in [0.4, 0.5) is 0 Å². The van der Waals surface area contributed by atoms with E-state index in [1.807, 2.05) is 6.20 Å². The summed E-state index contributed by atoms with van der Waals surface area (Å²) in [4.78, 5) is 0. The third-order valence-electron chi connectivity index (χ3n) is 3.29. The number of hydrogen-bond acceptors (Lipinski definition) is 2. The Bertz CT molecular complexity index is 308. The molecule has 1 N–H and O–H groups in total. The van der Waals surface area contributed by atoms with Crippen LogP contribution in [0.1, 0.15) is 37.4 Å². The van der Waals surface area contributed by atoms with Crippen LogP contribution < -0.4 is 5.32 Å². The van der Waals surface area contributed by atoms with Crippen molar-refractivity contribution >= 4 is 0 Å². The molecule has 1 aromatic heterocycles. The fourth-order valence-electron chi connectivity index (χ4n) is 2.27. The summed E-state index contributed by atoms with van der Waals surface area (Å²) in [5, 5.41) is 7.95. The zero-order valence-electron chi connectivity index (χ0n) is 8.45. The Morgan fingerprint density at radius 1 is 1.43 bits per heavy atom. The van der Waals surface area contributed by atoms with Gasteiger partial charge in [-0.25, -0.2) is 0 Å². The van der Waals surface area contributed by atoms with Crippen molar-refractivity contribution in [3.8, 4) is 0 Å². The molecule has 0 aromatic carbocycles. The molecule has 3 heteroatoms. The van der Waals surface area contributed by atoms with Gasteiger partial charge >= 0.3 is 0 Å². The number of hydrogen-bond donors (Lipinski definition) is 1. The Kier molecular flexibility index (Phi) is 2.05. The van der Waals surface area contributed by atoms with Gasteiger partial charge in [0, 0.05) is 18.8 Å². The summed E-state index contributed by atoms with van der Waals surface area (Å²) < 4.78 is 2.21. The summed E-state index contributed by atoms with van der Waals surface area (Å²) in [7, 11) is 0. The molecule has 1 atom stereocenters.